The third-order valence-electron chi connectivity index (χ3n) is 5.39. The lowest BCUT2D eigenvalue weighted by atomic mass is 9.93. The molecule has 152 valence electrons. The summed E-state index contributed by atoms with van der Waals surface area (Å²) in [4.78, 5) is 12.4. The Morgan fingerprint density at radius 1 is 1.07 bits per heavy atom. The standard InChI is InChI=1S/C25H30N2O2/c1-17(15-25(28)20(4)24-16-18(24)2)14-19(3)29-23-12-10-22(11-13-23)27-26-21-8-6-5-7-9-21/h5-13,17-19,24H,4,14-16H2,1-3H3/b27-26+/t17?,18-,19+,24?/m0/s1. The van der Waals surface area contributed by atoms with Gasteiger partial charge in [-0.15, -0.1) is 0 Å². The van der Waals surface area contributed by atoms with Crippen molar-refractivity contribution in [2.75, 3.05) is 0 Å². The van der Waals surface area contributed by atoms with Crippen molar-refractivity contribution >= 4 is 17.2 Å². The molecule has 0 aliphatic heterocycles. The topological polar surface area (TPSA) is 51.0 Å². The Labute approximate surface area is 173 Å². The van der Waals surface area contributed by atoms with Crippen molar-refractivity contribution in [3.05, 3.63) is 66.7 Å². The number of hydrogen-bond acceptors (Lipinski definition) is 4. The van der Waals surface area contributed by atoms with Crippen LogP contribution in [0.4, 0.5) is 11.4 Å². The molecule has 1 aliphatic rings. The number of hydrogen-bond donors (Lipinski definition) is 0. The molecular formula is C25H30N2O2. The second kappa shape index (κ2) is 9.64. The summed E-state index contributed by atoms with van der Waals surface area (Å²) in [6.07, 6.45) is 2.52. The number of rotatable bonds is 10. The van der Waals surface area contributed by atoms with E-state index in [-0.39, 0.29) is 17.8 Å². The van der Waals surface area contributed by atoms with Crippen molar-refractivity contribution in [2.45, 2.75) is 46.1 Å². The highest BCUT2D eigenvalue weighted by Gasteiger charge is 2.37. The van der Waals surface area contributed by atoms with Gasteiger partial charge in [-0.05, 0) is 79.5 Å². The van der Waals surface area contributed by atoms with Gasteiger partial charge in [-0.3, -0.25) is 4.79 Å². The lowest BCUT2D eigenvalue weighted by molar-refractivity contribution is -0.116. The first-order chi connectivity index (χ1) is 13.9. The van der Waals surface area contributed by atoms with Crippen LogP contribution in [0.5, 0.6) is 5.75 Å². The summed E-state index contributed by atoms with van der Waals surface area (Å²) in [7, 11) is 0. The molecule has 0 amide bonds. The highest BCUT2D eigenvalue weighted by atomic mass is 16.5. The van der Waals surface area contributed by atoms with E-state index >= 15 is 0 Å². The molecule has 0 aromatic heterocycles. The highest BCUT2D eigenvalue weighted by molar-refractivity contribution is 5.95. The van der Waals surface area contributed by atoms with E-state index in [1.807, 2.05) is 61.5 Å². The van der Waals surface area contributed by atoms with E-state index in [9.17, 15) is 4.79 Å². The van der Waals surface area contributed by atoms with Crippen LogP contribution in [0, 0.1) is 17.8 Å². The van der Waals surface area contributed by atoms with Crippen molar-refractivity contribution in [2.24, 2.45) is 28.0 Å². The van der Waals surface area contributed by atoms with Gasteiger partial charge in [0.25, 0.3) is 0 Å². The maximum absolute atomic E-state index is 12.4. The summed E-state index contributed by atoms with van der Waals surface area (Å²) in [5.74, 6) is 2.32. The molecule has 3 rings (SSSR count). The third-order valence-corrected chi connectivity index (χ3v) is 5.39. The molecule has 2 aromatic carbocycles. The number of nitrogens with zero attached hydrogens (tertiary/aromatic N) is 2. The van der Waals surface area contributed by atoms with E-state index in [1.54, 1.807) is 0 Å². The minimum atomic E-state index is 0.0303. The highest BCUT2D eigenvalue weighted by Crippen LogP contribution is 2.43. The SMILES string of the molecule is C=C(C(=O)CC(C)C[C@@H](C)Oc1ccc(/N=N/c2ccccc2)cc1)C1C[C@@H]1C. The summed E-state index contributed by atoms with van der Waals surface area (Å²) in [5, 5.41) is 8.46. The molecule has 2 unspecified atom stereocenters. The molecule has 0 heterocycles. The maximum atomic E-state index is 12.4. The van der Waals surface area contributed by atoms with Crippen LogP contribution < -0.4 is 4.74 Å². The van der Waals surface area contributed by atoms with Crippen LogP contribution in [-0.2, 0) is 4.79 Å². The summed E-state index contributed by atoms with van der Waals surface area (Å²) < 4.78 is 6.02. The molecule has 2 aromatic rings. The number of carbonyl (C=O) groups excluding carboxylic acids is 1. The van der Waals surface area contributed by atoms with Crippen molar-refractivity contribution < 1.29 is 9.53 Å². The molecule has 1 fully saturated rings. The Morgan fingerprint density at radius 2 is 1.66 bits per heavy atom. The van der Waals surface area contributed by atoms with E-state index in [1.165, 1.54) is 0 Å². The van der Waals surface area contributed by atoms with Gasteiger partial charge in [0.05, 0.1) is 17.5 Å². The number of azo groups is 1. The summed E-state index contributed by atoms with van der Waals surface area (Å²) in [6.45, 7) is 10.3. The Morgan fingerprint density at radius 3 is 2.24 bits per heavy atom. The van der Waals surface area contributed by atoms with Gasteiger partial charge in [0.15, 0.2) is 5.78 Å². The van der Waals surface area contributed by atoms with Crippen LogP contribution in [0.2, 0.25) is 0 Å². The van der Waals surface area contributed by atoms with Gasteiger partial charge >= 0.3 is 0 Å². The van der Waals surface area contributed by atoms with Crippen molar-refractivity contribution in [1.29, 1.82) is 0 Å². The zero-order chi connectivity index (χ0) is 20.8. The fourth-order valence-electron chi connectivity index (χ4n) is 3.59. The smallest absolute Gasteiger partial charge is 0.158 e. The van der Waals surface area contributed by atoms with E-state index in [0.717, 1.165) is 35.5 Å². The van der Waals surface area contributed by atoms with Crippen LogP contribution in [0.15, 0.2) is 77.0 Å². The average molecular weight is 391 g/mol. The molecule has 0 N–H and O–H groups in total. The molecule has 0 radical (unpaired) electrons. The predicted octanol–water partition coefficient (Wildman–Crippen LogP) is 7.07. The van der Waals surface area contributed by atoms with Crippen molar-refractivity contribution in [3.8, 4) is 5.75 Å². The third kappa shape index (κ3) is 6.38. The molecule has 29 heavy (non-hydrogen) atoms. The lowest BCUT2D eigenvalue weighted by Crippen LogP contribution is -2.18. The molecule has 0 bridgehead atoms. The van der Waals surface area contributed by atoms with E-state index in [4.69, 9.17) is 4.74 Å². The van der Waals surface area contributed by atoms with Crippen LogP contribution >= 0.6 is 0 Å². The van der Waals surface area contributed by atoms with E-state index < -0.39 is 0 Å². The molecule has 4 heteroatoms. The second-order valence-electron chi connectivity index (χ2n) is 8.27. The van der Waals surface area contributed by atoms with Gasteiger partial charge in [-0.1, -0.05) is 38.6 Å². The van der Waals surface area contributed by atoms with Gasteiger partial charge in [0, 0.05) is 6.42 Å². The zero-order valence-electron chi connectivity index (χ0n) is 17.5. The zero-order valence-corrected chi connectivity index (χ0v) is 17.5. The summed E-state index contributed by atoms with van der Waals surface area (Å²) in [6, 6.07) is 17.2. The van der Waals surface area contributed by atoms with Crippen LogP contribution in [0.3, 0.4) is 0 Å². The number of ether oxygens (including phenoxy) is 1. The molecule has 4 nitrogen and oxygen atoms in total. The Bertz CT molecular complexity index is 858. The van der Waals surface area contributed by atoms with E-state index in [0.29, 0.717) is 18.3 Å². The summed E-state index contributed by atoms with van der Waals surface area (Å²) in [5.41, 5.74) is 2.42. The first kappa shape index (κ1) is 21.0. The molecule has 0 spiro atoms. The van der Waals surface area contributed by atoms with Crippen molar-refractivity contribution in [3.63, 3.8) is 0 Å². The fraction of sp³-hybridized carbons (Fsp3) is 0.400. The lowest BCUT2D eigenvalue weighted by Gasteiger charge is -2.19. The number of benzene rings is 2. The van der Waals surface area contributed by atoms with Gasteiger partial charge in [-0.2, -0.15) is 10.2 Å². The largest absolute Gasteiger partial charge is 0.491 e. The molecule has 4 atom stereocenters. The minimum Gasteiger partial charge on any atom is -0.491 e. The Kier molecular flexibility index (Phi) is 6.97. The normalized spacial score (nSPS) is 20.2. The second-order valence-corrected chi connectivity index (χ2v) is 8.27. The first-order valence-electron chi connectivity index (χ1n) is 10.4. The van der Waals surface area contributed by atoms with E-state index in [2.05, 4.69) is 30.7 Å². The number of ketones is 1. The Balaban J connectivity index is 1.45. The monoisotopic (exact) mass is 390 g/mol. The van der Waals surface area contributed by atoms with Crippen LogP contribution in [-0.4, -0.2) is 11.9 Å². The minimum absolute atomic E-state index is 0.0303. The fourth-order valence-corrected chi connectivity index (χ4v) is 3.59. The molecule has 1 saturated carbocycles. The molecular weight excluding hydrogens is 360 g/mol. The van der Waals surface area contributed by atoms with Gasteiger partial charge in [-0.25, -0.2) is 0 Å². The molecule has 1 aliphatic carbocycles. The van der Waals surface area contributed by atoms with Crippen LogP contribution in [0.1, 0.15) is 40.0 Å². The quantitative estimate of drug-likeness (QED) is 0.322. The van der Waals surface area contributed by atoms with Crippen LogP contribution in [0.25, 0.3) is 0 Å². The first-order valence-corrected chi connectivity index (χ1v) is 10.4. The van der Waals surface area contributed by atoms with Gasteiger partial charge < -0.3 is 4.74 Å². The van der Waals surface area contributed by atoms with Gasteiger partial charge in [0.1, 0.15) is 5.75 Å². The van der Waals surface area contributed by atoms with Crippen molar-refractivity contribution in [1.82, 2.24) is 0 Å². The van der Waals surface area contributed by atoms with Gasteiger partial charge in [0.2, 0.25) is 0 Å². The number of carbonyl (C=O) groups is 1. The predicted molar refractivity (Wildman–Crippen MR) is 117 cm³/mol. The number of Topliss-reactive ketones (excluding diaryl/α,β-unsaturated/α-hetero) is 1. The average Bonchev–Trinajstić information content (AvgIpc) is 3.44. The Hall–Kier alpha value is -2.75. The summed E-state index contributed by atoms with van der Waals surface area (Å²) >= 11 is 0. The maximum Gasteiger partial charge on any atom is 0.158 e. The number of allylic oxidation sites excluding steroid dienone is 1. The molecule has 0 saturated heterocycles.